The van der Waals surface area contributed by atoms with Crippen LogP contribution in [0.15, 0.2) is 53.1 Å². The van der Waals surface area contributed by atoms with Crippen molar-refractivity contribution < 1.29 is 9.13 Å². The van der Waals surface area contributed by atoms with Gasteiger partial charge in [0, 0.05) is 22.7 Å². The molecule has 2 aromatic carbocycles. The zero-order valence-electron chi connectivity index (χ0n) is 10.1. The van der Waals surface area contributed by atoms with Gasteiger partial charge in [-0.1, -0.05) is 11.6 Å². The summed E-state index contributed by atoms with van der Waals surface area (Å²) in [5.41, 5.74) is 0.725. The molecule has 0 aliphatic heterocycles. The fraction of sp³-hybridized carbons (Fsp3) is 0. The number of nitrogens with zero attached hydrogens (tertiary/aromatic N) is 1. The summed E-state index contributed by atoms with van der Waals surface area (Å²) in [5.74, 6) is 0.648. The van der Waals surface area contributed by atoms with Crippen molar-refractivity contribution in [1.29, 1.82) is 0 Å². The Kier molecular flexibility index (Phi) is 3.59. The van der Waals surface area contributed by atoms with Gasteiger partial charge in [0.2, 0.25) is 0 Å². The summed E-state index contributed by atoms with van der Waals surface area (Å²) >= 11 is 9.27. The van der Waals surface area contributed by atoms with Crippen LogP contribution in [0.25, 0.3) is 10.9 Å². The van der Waals surface area contributed by atoms with Crippen LogP contribution >= 0.6 is 27.5 Å². The fourth-order valence-electron chi connectivity index (χ4n) is 1.86. The van der Waals surface area contributed by atoms with Gasteiger partial charge in [-0.3, -0.25) is 4.98 Å². The molecule has 0 atom stereocenters. The number of hydrogen-bond acceptors (Lipinski definition) is 2. The first-order valence-corrected chi connectivity index (χ1v) is 6.98. The highest BCUT2D eigenvalue weighted by Gasteiger charge is 2.08. The lowest BCUT2D eigenvalue weighted by Gasteiger charge is -2.10. The Morgan fingerprint density at radius 1 is 1.05 bits per heavy atom. The van der Waals surface area contributed by atoms with E-state index in [2.05, 4.69) is 20.9 Å². The first kappa shape index (κ1) is 13.3. The van der Waals surface area contributed by atoms with E-state index in [1.807, 2.05) is 6.07 Å². The summed E-state index contributed by atoms with van der Waals surface area (Å²) in [6, 6.07) is 11.4. The van der Waals surface area contributed by atoms with Crippen LogP contribution in [-0.2, 0) is 0 Å². The fourth-order valence-corrected chi connectivity index (χ4v) is 2.35. The average Bonchev–Trinajstić information content (AvgIpc) is 2.43. The molecule has 0 fully saturated rings. The van der Waals surface area contributed by atoms with E-state index < -0.39 is 0 Å². The van der Waals surface area contributed by atoms with Gasteiger partial charge in [-0.15, -0.1) is 0 Å². The van der Waals surface area contributed by atoms with Crippen LogP contribution in [0.3, 0.4) is 0 Å². The van der Waals surface area contributed by atoms with Gasteiger partial charge in [0.1, 0.15) is 17.3 Å². The maximum absolute atomic E-state index is 13.3. The average molecular weight is 353 g/mol. The first-order chi connectivity index (χ1) is 9.63. The minimum Gasteiger partial charge on any atom is -0.455 e. The van der Waals surface area contributed by atoms with E-state index in [4.69, 9.17) is 16.3 Å². The predicted molar refractivity (Wildman–Crippen MR) is 80.9 cm³/mol. The number of fused-ring (bicyclic) bond motifs is 1. The Balaban J connectivity index is 2.09. The van der Waals surface area contributed by atoms with Crippen LogP contribution in [-0.4, -0.2) is 4.98 Å². The lowest BCUT2D eigenvalue weighted by Crippen LogP contribution is -1.89. The molecule has 3 aromatic rings. The maximum atomic E-state index is 13.3. The van der Waals surface area contributed by atoms with Crippen LogP contribution in [0.4, 0.5) is 4.39 Å². The number of rotatable bonds is 2. The number of benzene rings is 2. The molecule has 0 bridgehead atoms. The highest BCUT2D eigenvalue weighted by Crippen LogP contribution is 2.34. The molecule has 5 heteroatoms. The topological polar surface area (TPSA) is 22.1 Å². The second-order valence-corrected chi connectivity index (χ2v) is 5.44. The number of aromatic nitrogens is 1. The van der Waals surface area contributed by atoms with Crippen LogP contribution in [0.2, 0.25) is 5.02 Å². The Hall–Kier alpha value is -1.65. The third kappa shape index (κ3) is 2.62. The highest BCUT2D eigenvalue weighted by atomic mass is 79.9. The second kappa shape index (κ2) is 5.38. The second-order valence-electron chi connectivity index (χ2n) is 4.15. The van der Waals surface area contributed by atoms with Gasteiger partial charge in [-0.2, -0.15) is 0 Å². The predicted octanol–water partition coefficient (Wildman–Crippen LogP) is 5.58. The Labute approximate surface area is 128 Å². The number of hydrogen-bond donors (Lipinski definition) is 0. The van der Waals surface area contributed by atoms with Crippen molar-refractivity contribution >= 4 is 38.4 Å². The minimum absolute atomic E-state index is 0.357. The summed E-state index contributed by atoms with van der Waals surface area (Å²) in [7, 11) is 0. The molecule has 0 radical (unpaired) electrons. The molecule has 2 nitrogen and oxygen atoms in total. The van der Waals surface area contributed by atoms with Crippen molar-refractivity contribution in [3.63, 3.8) is 0 Å². The summed E-state index contributed by atoms with van der Waals surface area (Å²) in [6.45, 7) is 0. The molecule has 0 spiro atoms. The van der Waals surface area contributed by atoms with E-state index in [1.165, 1.54) is 12.1 Å². The SMILES string of the molecule is Fc1ccc(Br)c(Oc2ccnc3cc(Cl)ccc23)c1. The molecule has 100 valence electrons. The van der Waals surface area contributed by atoms with Crippen molar-refractivity contribution in [3.8, 4) is 11.5 Å². The maximum Gasteiger partial charge on any atom is 0.144 e. The van der Waals surface area contributed by atoms with Crippen molar-refractivity contribution in [2.75, 3.05) is 0 Å². The lowest BCUT2D eigenvalue weighted by molar-refractivity contribution is 0.478. The lowest BCUT2D eigenvalue weighted by atomic mass is 10.2. The van der Waals surface area contributed by atoms with Gasteiger partial charge >= 0.3 is 0 Å². The molecule has 0 saturated heterocycles. The van der Waals surface area contributed by atoms with E-state index in [0.717, 1.165) is 10.9 Å². The van der Waals surface area contributed by atoms with E-state index in [1.54, 1.807) is 30.5 Å². The standard InChI is InChI=1S/C15H8BrClFNO/c16-12-4-2-10(18)8-15(12)20-14-5-6-19-13-7-9(17)1-3-11(13)14/h1-8H. The van der Waals surface area contributed by atoms with Crippen molar-refractivity contribution in [1.82, 2.24) is 4.98 Å². The number of pyridine rings is 1. The normalized spacial score (nSPS) is 10.8. The zero-order chi connectivity index (χ0) is 14.1. The van der Waals surface area contributed by atoms with Crippen molar-refractivity contribution in [2.24, 2.45) is 0 Å². The molecule has 0 N–H and O–H groups in total. The van der Waals surface area contributed by atoms with Crippen LogP contribution < -0.4 is 4.74 Å². The highest BCUT2D eigenvalue weighted by molar-refractivity contribution is 9.10. The first-order valence-electron chi connectivity index (χ1n) is 5.81. The smallest absolute Gasteiger partial charge is 0.144 e. The molecule has 0 aliphatic carbocycles. The minimum atomic E-state index is -0.357. The number of ether oxygens (including phenoxy) is 1. The van der Waals surface area contributed by atoms with Gasteiger partial charge in [0.05, 0.1) is 9.99 Å². The van der Waals surface area contributed by atoms with Crippen LogP contribution in [0.1, 0.15) is 0 Å². The largest absolute Gasteiger partial charge is 0.455 e. The van der Waals surface area contributed by atoms with Gasteiger partial charge < -0.3 is 4.74 Å². The third-order valence-electron chi connectivity index (χ3n) is 2.78. The van der Waals surface area contributed by atoms with Crippen molar-refractivity contribution in [3.05, 3.63) is 64.0 Å². The van der Waals surface area contributed by atoms with Crippen LogP contribution in [0.5, 0.6) is 11.5 Å². The zero-order valence-corrected chi connectivity index (χ0v) is 12.5. The molecule has 3 rings (SSSR count). The molecule has 1 heterocycles. The molecular formula is C15H8BrClFNO. The summed E-state index contributed by atoms with van der Waals surface area (Å²) in [4.78, 5) is 4.23. The third-order valence-corrected chi connectivity index (χ3v) is 3.67. The molecule has 20 heavy (non-hydrogen) atoms. The van der Waals surface area contributed by atoms with Crippen molar-refractivity contribution in [2.45, 2.75) is 0 Å². The van der Waals surface area contributed by atoms with Gasteiger partial charge in [0.25, 0.3) is 0 Å². The Morgan fingerprint density at radius 2 is 1.90 bits per heavy atom. The Morgan fingerprint density at radius 3 is 2.75 bits per heavy atom. The monoisotopic (exact) mass is 351 g/mol. The van der Waals surface area contributed by atoms with E-state index in [9.17, 15) is 4.39 Å². The molecule has 0 amide bonds. The Bertz CT molecular complexity index is 794. The number of halogens is 3. The molecule has 1 aromatic heterocycles. The molecule has 0 aliphatic rings. The van der Waals surface area contributed by atoms with Gasteiger partial charge in [0.15, 0.2) is 0 Å². The molecule has 0 saturated carbocycles. The summed E-state index contributed by atoms with van der Waals surface area (Å²) < 4.78 is 19.7. The summed E-state index contributed by atoms with van der Waals surface area (Å²) in [6.07, 6.45) is 1.63. The summed E-state index contributed by atoms with van der Waals surface area (Å²) in [5, 5.41) is 1.42. The molecule has 0 unspecified atom stereocenters. The quantitative estimate of drug-likeness (QED) is 0.600. The molecular weight excluding hydrogens is 345 g/mol. The van der Waals surface area contributed by atoms with Gasteiger partial charge in [-0.25, -0.2) is 4.39 Å². The van der Waals surface area contributed by atoms with E-state index in [0.29, 0.717) is 21.0 Å². The van der Waals surface area contributed by atoms with E-state index in [-0.39, 0.29) is 5.82 Å². The van der Waals surface area contributed by atoms with Gasteiger partial charge in [-0.05, 0) is 52.3 Å². The van der Waals surface area contributed by atoms with Crippen LogP contribution in [0, 0.1) is 5.82 Å². The van der Waals surface area contributed by atoms with E-state index >= 15 is 0 Å².